The number of benzene rings is 2. The summed E-state index contributed by atoms with van der Waals surface area (Å²) in [5.74, 6) is -0.192. The van der Waals surface area contributed by atoms with Gasteiger partial charge in [0.1, 0.15) is 6.54 Å². The molecule has 3 aromatic heterocycles. The number of hydrogen-bond donors (Lipinski definition) is 1. The van der Waals surface area contributed by atoms with Crippen molar-refractivity contribution in [2.45, 2.75) is 6.54 Å². The molecule has 0 radical (unpaired) electrons. The van der Waals surface area contributed by atoms with Crippen molar-refractivity contribution in [2.75, 3.05) is 5.32 Å². The highest BCUT2D eigenvalue weighted by Gasteiger charge is 2.14. The molecule has 0 aliphatic carbocycles. The minimum Gasteiger partial charge on any atom is -0.331 e. The second kappa shape index (κ2) is 7.79. The predicted molar refractivity (Wildman–Crippen MR) is 127 cm³/mol. The minimum absolute atomic E-state index is 0.0236. The Morgan fingerprint density at radius 3 is 2.30 bits per heavy atom. The number of amides is 1. The molecule has 1 amide bonds. The standard InChI is InChI=1S/C22H14BrN3O2S2/c23-19-10-9-18(30-19)15-12-29-22(24-15)25-20(27)11-26-16-7-3-1-5-13(16)21(28)14-6-2-4-8-17(14)26/h1-10,12H,11H2,(H,24,25,27). The molecule has 0 spiro atoms. The first kappa shape index (κ1) is 19.2. The molecule has 0 aliphatic rings. The van der Waals surface area contributed by atoms with Gasteiger partial charge in [-0.3, -0.25) is 9.59 Å². The number of halogens is 1. The molecule has 0 atom stereocenters. The van der Waals surface area contributed by atoms with Crippen LogP contribution in [0, 0.1) is 0 Å². The fourth-order valence-electron chi connectivity index (χ4n) is 3.45. The van der Waals surface area contributed by atoms with Gasteiger partial charge < -0.3 is 9.88 Å². The number of nitrogens with one attached hydrogen (secondary N) is 1. The first-order chi connectivity index (χ1) is 14.6. The van der Waals surface area contributed by atoms with Crippen LogP contribution in [-0.2, 0) is 11.3 Å². The number of para-hydroxylation sites is 2. The van der Waals surface area contributed by atoms with Crippen LogP contribution in [0.3, 0.4) is 0 Å². The molecule has 148 valence electrons. The zero-order chi connectivity index (χ0) is 20.7. The van der Waals surface area contributed by atoms with Crippen molar-refractivity contribution in [1.29, 1.82) is 0 Å². The summed E-state index contributed by atoms with van der Waals surface area (Å²) in [4.78, 5) is 31.3. The number of thiophene rings is 1. The van der Waals surface area contributed by atoms with Crippen molar-refractivity contribution >= 4 is 71.4 Å². The summed E-state index contributed by atoms with van der Waals surface area (Å²) in [5, 5.41) is 6.57. The quantitative estimate of drug-likeness (QED) is 0.323. The lowest BCUT2D eigenvalue weighted by atomic mass is 10.1. The highest BCUT2D eigenvalue weighted by molar-refractivity contribution is 9.11. The largest absolute Gasteiger partial charge is 0.331 e. The molecule has 0 saturated heterocycles. The molecular weight excluding hydrogens is 482 g/mol. The van der Waals surface area contributed by atoms with E-state index in [9.17, 15) is 9.59 Å². The zero-order valence-corrected chi connectivity index (χ0v) is 18.7. The van der Waals surface area contributed by atoms with Crippen LogP contribution in [0.2, 0.25) is 0 Å². The summed E-state index contributed by atoms with van der Waals surface area (Å²) in [6.07, 6.45) is 0. The summed E-state index contributed by atoms with van der Waals surface area (Å²) < 4.78 is 2.92. The zero-order valence-electron chi connectivity index (χ0n) is 15.5. The lowest BCUT2D eigenvalue weighted by Gasteiger charge is -2.14. The van der Waals surface area contributed by atoms with Gasteiger partial charge in [-0.2, -0.15) is 0 Å². The average molecular weight is 496 g/mol. The fraction of sp³-hybridized carbons (Fsp3) is 0.0455. The number of anilines is 1. The maximum atomic E-state index is 12.9. The average Bonchev–Trinajstić information content (AvgIpc) is 3.40. The number of pyridine rings is 1. The van der Waals surface area contributed by atoms with Crippen molar-refractivity contribution in [1.82, 2.24) is 9.55 Å². The number of fused-ring (bicyclic) bond motifs is 2. The SMILES string of the molecule is O=C(Cn1c2ccccc2c(=O)c2ccccc21)Nc1nc(-c2ccc(Br)s2)cs1. The van der Waals surface area contributed by atoms with Gasteiger partial charge in [-0.25, -0.2) is 4.98 Å². The van der Waals surface area contributed by atoms with E-state index in [2.05, 4.69) is 26.2 Å². The van der Waals surface area contributed by atoms with Gasteiger partial charge in [0, 0.05) is 16.2 Å². The maximum absolute atomic E-state index is 12.9. The summed E-state index contributed by atoms with van der Waals surface area (Å²) in [5.41, 5.74) is 2.29. The van der Waals surface area contributed by atoms with Gasteiger partial charge in [-0.1, -0.05) is 24.3 Å². The van der Waals surface area contributed by atoms with Crippen molar-refractivity contribution in [3.8, 4) is 10.6 Å². The Morgan fingerprint density at radius 1 is 1.00 bits per heavy atom. The smallest absolute Gasteiger partial charge is 0.246 e. The van der Waals surface area contributed by atoms with E-state index in [0.717, 1.165) is 25.4 Å². The molecule has 5 aromatic rings. The molecule has 5 nitrogen and oxygen atoms in total. The van der Waals surface area contributed by atoms with Gasteiger partial charge >= 0.3 is 0 Å². The molecule has 5 rings (SSSR count). The van der Waals surface area contributed by atoms with E-state index in [1.807, 2.05) is 58.5 Å². The Labute approximate surface area is 187 Å². The molecule has 0 unspecified atom stereocenters. The Morgan fingerprint density at radius 2 is 1.67 bits per heavy atom. The van der Waals surface area contributed by atoms with Gasteiger partial charge in [0.05, 0.1) is 25.4 Å². The van der Waals surface area contributed by atoms with Crippen LogP contribution < -0.4 is 10.7 Å². The highest BCUT2D eigenvalue weighted by Crippen LogP contribution is 2.33. The normalized spacial score (nSPS) is 11.2. The second-order valence-electron chi connectivity index (χ2n) is 6.64. The number of thiazole rings is 1. The van der Waals surface area contributed by atoms with Crippen molar-refractivity contribution in [2.24, 2.45) is 0 Å². The number of carbonyl (C=O) groups is 1. The van der Waals surface area contributed by atoms with E-state index in [1.165, 1.54) is 11.3 Å². The lowest BCUT2D eigenvalue weighted by Crippen LogP contribution is -2.21. The number of nitrogens with zero attached hydrogens (tertiary/aromatic N) is 2. The van der Waals surface area contributed by atoms with Crippen LogP contribution >= 0.6 is 38.6 Å². The van der Waals surface area contributed by atoms with Crippen LogP contribution in [0.15, 0.2) is 74.6 Å². The monoisotopic (exact) mass is 495 g/mol. The molecule has 0 saturated carbocycles. The van der Waals surface area contributed by atoms with Crippen molar-refractivity contribution in [3.63, 3.8) is 0 Å². The number of rotatable bonds is 4. The van der Waals surface area contributed by atoms with E-state index >= 15 is 0 Å². The summed E-state index contributed by atoms with van der Waals surface area (Å²) in [6.45, 7) is 0.0841. The summed E-state index contributed by atoms with van der Waals surface area (Å²) in [7, 11) is 0. The molecule has 3 heterocycles. The first-order valence-corrected chi connectivity index (χ1v) is 11.6. The summed E-state index contributed by atoms with van der Waals surface area (Å²) >= 11 is 6.44. The highest BCUT2D eigenvalue weighted by atomic mass is 79.9. The third-order valence-electron chi connectivity index (χ3n) is 4.76. The first-order valence-electron chi connectivity index (χ1n) is 9.11. The van der Waals surface area contributed by atoms with Crippen molar-refractivity contribution < 1.29 is 4.79 Å². The van der Waals surface area contributed by atoms with E-state index in [-0.39, 0.29) is 17.9 Å². The fourth-order valence-corrected chi connectivity index (χ4v) is 5.59. The molecule has 0 fully saturated rings. The number of hydrogen-bond acceptors (Lipinski definition) is 5. The van der Waals surface area contributed by atoms with E-state index in [0.29, 0.717) is 15.9 Å². The third kappa shape index (κ3) is 3.47. The Balaban J connectivity index is 1.48. The van der Waals surface area contributed by atoms with Crippen LogP contribution in [0.1, 0.15) is 0 Å². The van der Waals surface area contributed by atoms with Gasteiger partial charge in [0.2, 0.25) is 5.91 Å². The molecule has 1 N–H and O–H groups in total. The molecule has 0 bridgehead atoms. The number of carbonyl (C=O) groups excluding carboxylic acids is 1. The lowest BCUT2D eigenvalue weighted by molar-refractivity contribution is -0.116. The molecule has 2 aromatic carbocycles. The third-order valence-corrected chi connectivity index (χ3v) is 7.16. The van der Waals surface area contributed by atoms with E-state index in [1.54, 1.807) is 23.5 Å². The molecule has 8 heteroatoms. The molecular formula is C22H14BrN3O2S2. The van der Waals surface area contributed by atoms with Gasteiger partial charge in [-0.15, -0.1) is 22.7 Å². The van der Waals surface area contributed by atoms with Crippen LogP contribution in [0.4, 0.5) is 5.13 Å². The second-order valence-corrected chi connectivity index (χ2v) is 9.96. The van der Waals surface area contributed by atoms with Crippen molar-refractivity contribution in [3.05, 3.63) is 80.1 Å². The maximum Gasteiger partial charge on any atom is 0.246 e. The minimum atomic E-state index is -0.192. The van der Waals surface area contributed by atoms with E-state index in [4.69, 9.17) is 0 Å². The van der Waals surface area contributed by atoms with E-state index < -0.39 is 0 Å². The number of aromatic nitrogens is 2. The Hall–Kier alpha value is -2.81. The van der Waals surface area contributed by atoms with Gasteiger partial charge in [0.25, 0.3) is 0 Å². The van der Waals surface area contributed by atoms with Crippen LogP contribution in [-0.4, -0.2) is 15.5 Å². The summed E-state index contributed by atoms with van der Waals surface area (Å²) in [6, 6.07) is 18.7. The molecule has 0 aliphatic heterocycles. The Bertz CT molecular complexity index is 1410. The van der Waals surface area contributed by atoms with Gasteiger partial charge in [0.15, 0.2) is 10.6 Å². The Kier molecular flexibility index (Phi) is 4.98. The molecule has 30 heavy (non-hydrogen) atoms. The van der Waals surface area contributed by atoms with Gasteiger partial charge in [-0.05, 0) is 52.3 Å². The van der Waals surface area contributed by atoms with Crippen LogP contribution in [0.25, 0.3) is 32.4 Å². The predicted octanol–water partition coefficient (Wildman–Crippen LogP) is 5.74. The topological polar surface area (TPSA) is 64.0 Å². The van der Waals surface area contributed by atoms with Crippen LogP contribution in [0.5, 0.6) is 0 Å².